The van der Waals surface area contributed by atoms with Crippen LogP contribution < -0.4 is 0 Å². The first-order valence-corrected chi connectivity index (χ1v) is 7.23. The van der Waals surface area contributed by atoms with E-state index in [1.807, 2.05) is 50.2 Å². The van der Waals surface area contributed by atoms with Gasteiger partial charge in [-0.25, -0.2) is 0 Å². The van der Waals surface area contributed by atoms with E-state index < -0.39 is 0 Å². The van der Waals surface area contributed by atoms with Crippen molar-refractivity contribution in [3.05, 3.63) is 69.8 Å². The van der Waals surface area contributed by atoms with Crippen molar-refractivity contribution >= 4 is 0 Å². The zero-order valence-electron chi connectivity index (χ0n) is 13.5. The highest BCUT2D eigenvalue weighted by molar-refractivity contribution is 5.54. The normalized spacial score (nSPS) is 8.73. The van der Waals surface area contributed by atoms with E-state index in [1.54, 1.807) is 0 Å². The second kappa shape index (κ2) is 7.22. The predicted octanol–water partition coefficient (Wildman–Crippen LogP) is 4.45. The number of rotatable bonds is 0. The molecule has 2 rings (SSSR count). The molecular weight excluding hydrogens is 264 g/mol. The summed E-state index contributed by atoms with van der Waals surface area (Å²) in [6.07, 6.45) is 0. The maximum absolute atomic E-state index is 3.26. The summed E-state index contributed by atoms with van der Waals surface area (Å²) in [5, 5.41) is 0. The van der Waals surface area contributed by atoms with Gasteiger partial charge in [0.15, 0.2) is 0 Å². The second-order valence-electron chi connectivity index (χ2n) is 4.99. The molecule has 0 spiro atoms. The minimum atomic E-state index is 0.996. The third-order valence-electron chi connectivity index (χ3n) is 3.54. The Morgan fingerprint density at radius 3 is 1.50 bits per heavy atom. The average Bonchev–Trinajstić information content (AvgIpc) is 2.53. The molecule has 22 heavy (non-hydrogen) atoms. The van der Waals surface area contributed by atoms with Crippen LogP contribution in [0.5, 0.6) is 0 Å². The molecule has 0 aliphatic heterocycles. The molecule has 0 unspecified atom stereocenters. The summed E-state index contributed by atoms with van der Waals surface area (Å²) >= 11 is 0. The fraction of sp³-hybridized carbons (Fsp3) is 0.182. The van der Waals surface area contributed by atoms with Crippen LogP contribution in [0.3, 0.4) is 0 Å². The van der Waals surface area contributed by atoms with Gasteiger partial charge in [-0.05, 0) is 75.2 Å². The Morgan fingerprint density at radius 2 is 1.00 bits per heavy atom. The molecule has 2 aromatic rings. The van der Waals surface area contributed by atoms with Crippen LogP contribution in [0.25, 0.3) is 0 Å². The van der Waals surface area contributed by atoms with Gasteiger partial charge >= 0.3 is 0 Å². The molecule has 0 atom stereocenters. The summed E-state index contributed by atoms with van der Waals surface area (Å²) < 4.78 is 0. The van der Waals surface area contributed by atoms with E-state index in [4.69, 9.17) is 0 Å². The molecule has 0 radical (unpaired) electrons. The highest BCUT2D eigenvalue weighted by Crippen LogP contribution is 2.16. The molecule has 0 heterocycles. The fourth-order valence-corrected chi connectivity index (χ4v) is 2.15. The molecule has 0 amide bonds. The van der Waals surface area contributed by atoms with E-state index in [1.165, 1.54) is 11.1 Å². The number of benzene rings is 2. The zero-order valence-corrected chi connectivity index (χ0v) is 13.5. The van der Waals surface area contributed by atoms with E-state index in [9.17, 15) is 0 Å². The van der Waals surface area contributed by atoms with Gasteiger partial charge in [0, 0.05) is 22.3 Å². The Balaban J connectivity index is 2.32. The lowest BCUT2D eigenvalue weighted by molar-refractivity contribution is 1.30. The lowest BCUT2D eigenvalue weighted by Crippen LogP contribution is -1.91. The largest absolute Gasteiger partial charge is 0.101 e. The minimum Gasteiger partial charge on any atom is -0.101 e. The van der Waals surface area contributed by atoms with Crippen molar-refractivity contribution in [3.63, 3.8) is 0 Å². The standard InChI is InChI=1S/C22H18/c1-5-7-19-9-11-20(12-10-19)13-14-22-16-15-21(8-6-2)17(3)18(22)4/h9-12,15-16H,1-4H3. The molecule has 0 heteroatoms. The lowest BCUT2D eigenvalue weighted by atomic mass is 9.98. The topological polar surface area (TPSA) is 0 Å². The van der Waals surface area contributed by atoms with Crippen LogP contribution >= 0.6 is 0 Å². The number of hydrogen-bond acceptors (Lipinski definition) is 0. The third-order valence-corrected chi connectivity index (χ3v) is 3.54. The Morgan fingerprint density at radius 1 is 0.545 bits per heavy atom. The molecule has 0 saturated carbocycles. The fourth-order valence-electron chi connectivity index (χ4n) is 2.15. The van der Waals surface area contributed by atoms with Crippen LogP contribution in [0.4, 0.5) is 0 Å². The Kier molecular flexibility index (Phi) is 5.09. The molecule has 0 aliphatic carbocycles. The molecule has 0 aromatic heterocycles. The summed E-state index contributed by atoms with van der Waals surface area (Å²) in [4.78, 5) is 0. The van der Waals surface area contributed by atoms with Crippen molar-refractivity contribution in [2.24, 2.45) is 0 Å². The molecule has 106 valence electrons. The van der Waals surface area contributed by atoms with Crippen molar-refractivity contribution in [3.8, 4) is 35.5 Å². The van der Waals surface area contributed by atoms with E-state index in [2.05, 4.69) is 49.4 Å². The molecule has 2 aromatic carbocycles. The average molecular weight is 282 g/mol. The van der Waals surface area contributed by atoms with Crippen LogP contribution in [0.2, 0.25) is 0 Å². The van der Waals surface area contributed by atoms with Crippen LogP contribution in [-0.4, -0.2) is 0 Å². The lowest BCUT2D eigenvalue weighted by Gasteiger charge is -2.05. The van der Waals surface area contributed by atoms with E-state index in [-0.39, 0.29) is 0 Å². The van der Waals surface area contributed by atoms with Crippen LogP contribution in [-0.2, 0) is 0 Å². The highest BCUT2D eigenvalue weighted by Gasteiger charge is 2.02. The van der Waals surface area contributed by atoms with Gasteiger partial charge in [0.25, 0.3) is 0 Å². The van der Waals surface area contributed by atoms with E-state index in [0.29, 0.717) is 0 Å². The summed E-state index contributed by atoms with van der Waals surface area (Å²) in [6.45, 7) is 7.89. The maximum atomic E-state index is 3.26. The van der Waals surface area contributed by atoms with Gasteiger partial charge in [0.1, 0.15) is 0 Å². The first kappa shape index (κ1) is 15.5. The Hall–Kier alpha value is -2.88. The van der Waals surface area contributed by atoms with Crippen LogP contribution in [0, 0.1) is 49.4 Å². The van der Waals surface area contributed by atoms with Gasteiger partial charge in [0.05, 0.1) is 0 Å². The van der Waals surface area contributed by atoms with Crippen molar-refractivity contribution in [2.75, 3.05) is 0 Å². The summed E-state index contributed by atoms with van der Waals surface area (Å²) in [7, 11) is 0. The Bertz CT molecular complexity index is 862. The maximum Gasteiger partial charge on any atom is 0.0281 e. The molecule has 0 nitrogen and oxygen atoms in total. The van der Waals surface area contributed by atoms with Crippen molar-refractivity contribution in [1.29, 1.82) is 0 Å². The van der Waals surface area contributed by atoms with Crippen LogP contribution in [0.15, 0.2) is 36.4 Å². The van der Waals surface area contributed by atoms with Gasteiger partial charge in [-0.15, -0.1) is 11.8 Å². The molecular formula is C22H18. The van der Waals surface area contributed by atoms with Gasteiger partial charge in [0.2, 0.25) is 0 Å². The summed E-state index contributed by atoms with van der Waals surface area (Å²) in [5.74, 6) is 18.5. The van der Waals surface area contributed by atoms with Crippen molar-refractivity contribution in [2.45, 2.75) is 27.7 Å². The van der Waals surface area contributed by atoms with Gasteiger partial charge < -0.3 is 0 Å². The zero-order chi connectivity index (χ0) is 15.9. The quantitative estimate of drug-likeness (QED) is 0.626. The van der Waals surface area contributed by atoms with Gasteiger partial charge in [-0.3, -0.25) is 0 Å². The monoisotopic (exact) mass is 282 g/mol. The molecule has 0 N–H and O–H groups in total. The second-order valence-corrected chi connectivity index (χ2v) is 4.99. The highest BCUT2D eigenvalue weighted by atomic mass is 14.1. The third kappa shape index (κ3) is 3.61. The van der Waals surface area contributed by atoms with Gasteiger partial charge in [-0.1, -0.05) is 23.7 Å². The smallest absolute Gasteiger partial charge is 0.0281 e. The number of hydrogen-bond donors (Lipinski definition) is 0. The molecule has 0 fully saturated rings. The molecule has 0 bridgehead atoms. The first-order valence-electron chi connectivity index (χ1n) is 7.23. The Labute approximate surface area is 133 Å². The predicted molar refractivity (Wildman–Crippen MR) is 93.4 cm³/mol. The SMILES string of the molecule is CC#Cc1ccc(C#Cc2ccc(C#CC)c(C)c2C)cc1. The van der Waals surface area contributed by atoms with Crippen LogP contribution in [0.1, 0.15) is 47.2 Å². The van der Waals surface area contributed by atoms with E-state index in [0.717, 1.165) is 22.3 Å². The van der Waals surface area contributed by atoms with E-state index >= 15 is 0 Å². The van der Waals surface area contributed by atoms with Gasteiger partial charge in [-0.2, -0.15) is 0 Å². The minimum absolute atomic E-state index is 0.996. The van der Waals surface area contributed by atoms with Crippen molar-refractivity contribution < 1.29 is 0 Å². The molecule has 0 aliphatic rings. The summed E-state index contributed by atoms with van der Waals surface area (Å²) in [6, 6.07) is 12.1. The van der Waals surface area contributed by atoms with Crippen molar-refractivity contribution in [1.82, 2.24) is 0 Å². The first-order chi connectivity index (χ1) is 10.7. The summed E-state index contributed by atoms with van der Waals surface area (Å²) in [5.41, 5.74) is 6.54. The molecule has 0 saturated heterocycles.